The summed E-state index contributed by atoms with van der Waals surface area (Å²) in [5.74, 6) is 1.43. The molecule has 0 radical (unpaired) electrons. The Labute approximate surface area is 74.2 Å². The first-order chi connectivity index (χ1) is 5.88. The summed E-state index contributed by atoms with van der Waals surface area (Å²) >= 11 is 0. The maximum Gasteiger partial charge on any atom is 0.0700 e. The molecule has 0 spiro atoms. The van der Waals surface area contributed by atoms with Crippen LogP contribution in [0.15, 0.2) is 0 Å². The van der Waals surface area contributed by atoms with Crippen molar-refractivity contribution in [1.29, 1.82) is 0 Å². The van der Waals surface area contributed by atoms with E-state index in [-0.39, 0.29) is 0 Å². The Bertz CT molecular complexity index is 115. The Morgan fingerprint density at radius 3 is 2.67 bits per heavy atom. The lowest BCUT2D eigenvalue weighted by atomic mass is 10.1. The molecule has 0 aliphatic heterocycles. The smallest absolute Gasteiger partial charge is 0.0700 e. The number of hydrogen-bond donors (Lipinski definition) is 1. The van der Waals surface area contributed by atoms with E-state index in [4.69, 9.17) is 15.2 Å². The highest BCUT2D eigenvalue weighted by molar-refractivity contribution is 4.81. The molecule has 1 aliphatic carbocycles. The van der Waals surface area contributed by atoms with Gasteiger partial charge in [-0.05, 0) is 31.2 Å². The van der Waals surface area contributed by atoms with Gasteiger partial charge in [-0.1, -0.05) is 0 Å². The van der Waals surface area contributed by atoms with Crippen LogP contribution in [0.3, 0.4) is 0 Å². The van der Waals surface area contributed by atoms with Crippen LogP contribution in [0, 0.1) is 11.8 Å². The zero-order valence-electron chi connectivity index (χ0n) is 7.79. The molecule has 3 nitrogen and oxygen atoms in total. The number of hydrogen-bond acceptors (Lipinski definition) is 3. The summed E-state index contributed by atoms with van der Waals surface area (Å²) in [5, 5.41) is 0. The molecule has 3 heteroatoms. The Hall–Kier alpha value is -0.120. The lowest BCUT2D eigenvalue weighted by Gasteiger charge is -2.13. The average Bonchev–Trinajstić information content (AvgIpc) is 2.88. The topological polar surface area (TPSA) is 44.5 Å². The normalized spacial score (nSPS) is 19.5. The first-order valence-electron chi connectivity index (χ1n) is 4.65. The van der Waals surface area contributed by atoms with Gasteiger partial charge in [-0.15, -0.1) is 0 Å². The first kappa shape index (κ1) is 9.96. The third-order valence-electron chi connectivity index (χ3n) is 2.36. The van der Waals surface area contributed by atoms with Crippen molar-refractivity contribution in [3.63, 3.8) is 0 Å². The monoisotopic (exact) mass is 173 g/mol. The highest BCUT2D eigenvalue weighted by Gasteiger charge is 2.29. The lowest BCUT2D eigenvalue weighted by molar-refractivity contribution is 0.0487. The van der Waals surface area contributed by atoms with Crippen LogP contribution in [0.5, 0.6) is 0 Å². The van der Waals surface area contributed by atoms with Crippen molar-refractivity contribution >= 4 is 0 Å². The van der Waals surface area contributed by atoms with Gasteiger partial charge in [-0.25, -0.2) is 0 Å². The van der Waals surface area contributed by atoms with E-state index in [1.165, 1.54) is 12.8 Å². The molecular weight excluding hydrogens is 154 g/mol. The number of methoxy groups -OCH3 is 1. The summed E-state index contributed by atoms with van der Waals surface area (Å²) in [6, 6.07) is 0. The van der Waals surface area contributed by atoms with Crippen molar-refractivity contribution in [1.82, 2.24) is 0 Å². The van der Waals surface area contributed by atoms with Crippen LogP contribution in [-0.4, -0.2) is 33.5 Å². The van der Waals surface area contributed by atoms with E-state index < -0.39 is 0 Å². The van der Waals surface area contributed by atoms with E-state index in [9.17, 15) is 0 Å². The minimum Gasteiger partial charge on any atom is -0.382 e. The highest BCUT2D eigenvalue weighted by atomic mass is 16.5. The fourth-order valence-corrected chi connectivity index (χ4v) is 1.34. The summed E-state index contributed by atoms with van der Waals surface area (Å²) in [4.78, 5) is 0. The highest BCUT2D eigenvalue weighted by Crippen LogP contribution is 2.36. The van der Waals surface area contributed by atoms with Crippen molar-refractivity contribution in [3.05, 3.63) is 0 Å². The van der Waals surface area contributed by atoms with E-state index in [1.54, 1.807) is 7.11 Å². The molecule has 0 amide bonds. The molecule has 1 atom stereocenters. The van der Waals surface area contributed by atoms with Gasteiger partial charge in [0.2, 0.25) is 0 Å². The van der Waals surface area contributed by atoms with Gasteiger partial charge in [0.05, 0.1) is 19.8 Å². The third-order valence-corrected chi connectivity index (χ3v) is 2.36. The van der Waals surface area contributed by atoms with Crippen molar-refractivity contribution in [2.75, 3.05) is 33.5 Å². The van der Waals surface area contributed by atoms with Crippen molar-refractivity contribution in [3.8, 4) is 0 Å². The van der Waals surface area contributed by atoms with Crippen LogP contribution in [0.2, 0.25) is 0 Å². The average molecular weight is 173 g/mol. The maximum absolute atomic E-state index is 5.62. The predicted octanol–water partition coefficient (Wildman–Crippen LogP) is 0.634. The van der Waals surface area contributed by atoms with Crippen LogP contribution < -0.4 is 5.73 Å². The summed E-state index contributed by atoms with van der Waals surface area (Å²) in [6.07, 6.45) is 2.69. The van der Waals surface area contributed by atoms with E-state index in [1.807, 2.05) is 0 Å². The molecule has 12 heavy (non-hydrogen) atoms. The SMILES string of the molecule is COCCOC[C@H](CN)C1CC1. The number of rotatable bonds is 7. The molecule has 0 aromatic rings. The molecule has 0 bridgehead atoms. The Morgan fingerprint density at radius 1 is 1.42 bits per heavy atom. The fourth-order valence-electron chi connectivity index (χ4n) is 1.34. The van der Waals surface area contributed by atoms with Crippen molar-refractivity contribution < 1.29 is 9.47 Å². The van der Waals surface area contributed by atoms with Crippen molar-refractivity contribution in [2.45, 2.75) is 12.8 Å². The van der Waals surface area contributed by atoms with Crippen LogP contribution >= 0.6 is 0 Å². The van der Waals surface area contributed by atoms with Crippen LogP contribution in [-0.2, 0) is 9.47 Å². The molecule has 0 aromatic heterocycles. The van der Waals surface area contributed by atoms with Crippen LogP contribution in [0.25, 0.3) is 0 Å². The summed E-state index contributed by atoms with van der Waals surface area (Å²) in [7, 11) is 1.69. The Kier molecular flexibility index (Phi) is 4.58. The molecule has 2 N–H and O–H groups in total. The van der Waals surface area contributed by atoms with Gasteiger partial charge in [0.25, 0.3) is 0 Å². The molecule has 0 saturated heterocycles. The number of ether oxygens (including phenoxy) is 2. The quantitative estimate of drug-likeness (QED) is 0.574. The van der Waals surface area contributed by atoms with Crippen LogP contribution in [0.4, 0.5) is 0 Å². The molecule has 1 saturated carbocycles. The Balaban J connectivity index is 1.95. The molecule has 0 heterocycles. The lowest BCUT2D eigenvalue weighted by Crippen LogP contribution is -2.22. The minimum atomic E-state index is 0.585. The predicted molar refractivity (Wildman–Crippen MR) is 48.0 cm³/mol. The van der Waals surface area contributed by atoms with Crippen molar-refractivity contribution in [2.24, 2.45) is 17.6 Å². The van der Waals surface area contributed by atoms with Gasteiger partial charge in [0.15, 0.2) is 0 Å². The zero-order chi connectivity index (χ0) is 8.81. The number of nitrogens with two attached hydrogens (primary N) is 1. The standard InChI is InChI=1S/C9H19NO2/c1-11-4-5-12-7-9(6-10)8-2-3-8/h8-9H,2-7,10H2,1H3/t9-/m0/s1. The second-order valence-corrected chi connectivity index (χ2v) is 3.40. The van der Waals surface area contributed by atoms with Gasteiger partial charge < -0.3 is 15.2 Å². The molecule has 1 aliphatic rings. The maximum atomic E-state index is 5.62. The van der Waals surface area contributed by atoms with Gasteiger partial charge >= 0.3 is 0 Å². The molecule has 0 unspecified atom stereocenters. The molecule has 0 aromatic carbocycles. The summed E-state index contributed by atoms with van der Waals surface area (Å²) in [5.41, 5.74) is 5.62. The largest absolute Gasteiger partial charge is 0.382 e. The van der Waals surface area contributed by atoms with Gasteiger partial charge in [-0.3, -0.25) is 0 Å². The zero-order valence-corrected chi connectivity index (χ0v) is 7.79. The second-order valence-electron chi connectivity index (χ2n) is 3.40. The second kappa shape index (κ2) is 5.51. The first-order valence-corrected chi connectivity index (χ1v) is 4.65. The van der Waals surface area contributed by atoms with E-state index >= 15 is 0 Å². The summed E-state index contributed by atoms with van der Waals surface area (Å²) < 4.78 is 10.3. The van der Waals surface area contributed by atoms with E-state index in [0.29, 0.717) is 19.1 Å². The van der Waals surface area contributed by atoms with Gasteiger partial charge in [0.1, 0.15) is 0 Å². The Morgan fingerprint density at radius 2 is 2.17 bits per heavy atom. The van der Waals surface area contributed by atoms with Gasteiger partial charge in [0, 0.05) is 7.11 Å². The minimum absolute atomic E-state index is 0.585. The molecular formula is C9H19NO2. The van der Waals surface area contributed by atoms with E-state index in [2.05, 4.69) is 0 Å². The molecule has 1 fully saturated rings. The fraction of sp³-hybridized carbons (Fsp3) is 1.00. The summed E-state index contributed by atoms with van der Waals surface area (Å²) in [6.45, 7) is 2.95. The van der Waals surface area contributed by atoms with Gasteiger partial charge in [-0.2, -0.15) is 0 Å². The van der Waals surface area contributed by atoms with E-state index in [0.717, 1.165) is 19.1 Å². The third kappa shape index (κ3) is 3.52. The molecule has 72 valence electrons. The molecule has 1 rings (SSSR count). The van der Waals surface area contributed by atoms with Crippen LogP contribution in [0.1, 0.15) is 12.8 Å².